The molecule has 0 unspecified atom stereocenters. The first-order valence-corrected chi connectivity index (χ1v) is 7.83. The first-order chi connectivity index (χ1) is 11.4. The summed E-state index contributed by atoms with van der Waals surface area (Å²) in [6.07, 6.45) is 0.492. The van der Waals surface area contributed by atoms with Crippen LogP contribution in [0, 0.1) is 0 Å². The molecule has 1 aromatic carbocycles. The van der Waals surface area contributed by atoms with Crippen LogP contribution < -0.4 is 5.43 Å². The van der Waals surface area contributed by atoms with Gasteiger partial charge in [-0.3, -0.25) is 14.4 Å². The molecule has 1 amide bonds. The van der Waals surface area contributed by atoms with Crippen LogP contribution in [0.2, 0.25) is 10.0 Å². The predicted molar refractivity (Wildman–Crippen MR) is 89.0 cm³/mol. The summed E-state index contributed by atoms with van der Waals surface area (Å²) in [5, 5.41) is 10.8. The Morgan fingerprint density at radius 3 is 2.54 bits per heavy atom. The third-order valence-electron chi connectivity index (χ3n) is 3.88. The molecule has 1 aromatic heterocycles. The zero-order chi connectivity index (χ0) is 17.4. The smallest absolute Gasteiger partial charge is 0.274 e. The Morgan fingerprint density at radius 2 is 1.88 bits per heavy atom. The second kappa shape index (κ2) is 6.30. The topological polar surface area (TPSA) is 79.6 Å². The van der Waals surface area contributed by atoms with E-state index in [9.17, 15) is 19.5 Å². The Kier molecular flexibility index (Phi) is 4.34. The van der Waals surface area contributed by atoms with Crippen molar-refractivity contribution in [2.24, 2.45) is 0 Å². The van der Waals surface area contributed by atoms with Crippen molar-refractivity contribution in [2.45, 2.75) is 13.1 Å². The van der Waals surface area contributed by atoms with E-state index in [2.05, 4.69) is 0 Å². The van der Waals surface area contributed by atoms with Gasteiger partial charge in [0.15, 0.2) is 17.7 Å². The van der Waals surface area contributed by atoms with Crippen molar-refractivity contribution in [2.75, 3.05) is 6.54 Å². The van der Waals surface area contributed by atoms with Gasteiger partial charge in [0.05, 0.1) is 15.7 Å². The Morgan fingerprint density at radius 1 is 1.12 bits per heavy atom. The zero-order valence-electron chi connectivity index (χ0n) is 12.3. The van der Waals surface area contributed by atoms with Crippen LogP contribution in [-0.4, -0.2) is 33.3 Å². The van der Waals surface area contributed by atoms with Gasteiger partial charge >= 0.3 is 0 Å². The highest BCUT2D eigenvalue weighted by Crippen LogP contribution is 2.25. The van der Waals surface area contributed by atoms with Crippen molar-refractivity contribution >= 4 is 35.4 Å². The SMILES string of the molecule is O=Cc1cc(=O)c(O)c2n1CCN(Cc1ccc(Cl)c(Cl)c1)C2=O. The maximum Gasteiger partial charge on any atom is 0.274 e. The van der Waals surface area contributed by atoms with Crippen LogP contribution in [0.4, 0.5) is 0 Å². The van der Waals surface area contributed by atoms with E-state index in [1.54, 1.807) is 18.2 Å². The van der Waals surface area contributed by atoms with E-state index in [1.807, 2.05) is 0 Å². The van der Waals surface area contributed by atoms with Crippen LogP contribution in [0.3, 0.4) is 0 Å². The van der Waals surface area contributed by atoms with Crippen LogP contribution in [0.25, 0.3) is 0 Å². The van der Waals surface area contributed by atoms with Gasteiger partial charge in [-0.2, -0.15) is 0 Å². The quantitative estimate of drug-likeness (QED) is 0.845. The van der Waals surface area contributed by atoms with Gasteiger partial charge in [0, 0.05) is 25.7 Å². The number of nitrogens with zero attached hydrogens (tertiary/aromatic N) is 2. The molecule has 2 heterocycles. The standard InChI is InChI=1S/C16H12Cl2N2O4/c17-11-2-1-9(5-12(11)18)7-19-3-4-20-10(8-21)6-13(22)15(23)14(20)16(19)24/h1-2,5-6,8,23H,3-4,7H2. The van der Waals surface area contributed by atoms with Gasteiger partial charge in [0.1, 0.15) is 0 Å². The second-order valence-corrected chi connectivity index (χ2v) is 6.19. The average Bonchev–Trinajstić information content (AvgIpc) is 2.56. The Labute approximate surface area is 146 Å². The molecule has 1 N–H and O–H groups in total. The van der Waals surface area contributed by atoms with E-state index < -0.39 is 17.1 Å². The summed E-state index contributed by atoms with van der Waals surface area (Å²) in [6, 6.07) is 6.05. The normalized spacial score (nSPS) is 13.8. The summed E-state index contributed by atoms with van der Waals surface area (Å²) in [6.45, 7) is 0.869. The summed E-state index contributed by atoms with van der Waals surface area (Å²) in [5.74, 6) is -1.17. The van der Waals surface area contributed by atoms with Gasteiger partial charge in [-0.05, 0) is 17.7 Å². The second-order valence-electron chi connectivity index (χ2n) is 5.38. The number of amides is 1. The lowest BCUT2D eigenvalue weighted by Gasteiger charge is -2.31. The molecule has 124 valence electrons. The maximum absolute atomic E-state index is 12.6. The van der Waals surface area contributed by atoms with Crippen molar-refractivity contribution in [3.05, 3.63) is 61.5 Å². The number of carbonyl (C=O) groups is 2. The van der Waals surface area contributed by atoms with Gasteiger partial charge in [-0.15, -0.1) is 0 Å². The molecular formula is C16H12Cl2N2O4. The van der Waals surface area contributed by atoms with Crippen LogP contribution in [0.1, 0.15) is 26.5 Å². The van der Waals surface area contributed by atoms with Gasteiger partial charge in [-0.1, -0.05) is 29.3 Å². The summed E-state index contributed by atoms with van der Waals surface area (Å²) in [4.78, 5) is 37.0. The van der Waals surface area contributed by atoms with E-state index in [-0.39, 0.29) is 17.9 Å². The predicted octanol–water partition coefficient (Wildman–Crippen LogP) is 2.33. The fraction of sp³-hybridized carbons (Fsp3) is 0.188. The highest BCUT2D eigenvalue weighted by molar-refractivity contribution is 6.42. The van der Waals surface area contributed by atoms with Crippen LogP contribution in [0.15, 0.2) is 29.1 Å². The number of aromatic hydroxyl groups is 1. The number of carbonyl (C=O) groups excluding carboxylic acids is 2. The van der Waals surface area contributed by atoms with Crippen LogP contribution >= 0.6 is 23.2 Å². The molecule has 0 saturated heterocycles. The number of fused-ring (bicyclic) bond motifs is 1. The van der Waals surface area contributed by atoms with E-state index in [4.69, 9.17) is 23.2 Å². The highest BCUT2D eigenvalue weighted by atomic mass is 35.5. The molecule has 0 bridgehead atoms. The summed E-state index contributed by atoms with van der Waals surface area (Å²) in [5.41, 5.74) is -0.0982. The van der Waals surface area contributed by atoms with Crippen molar-refractivity contribution in [3.8, 4) is 5.75 Å². The summed E-state index contributed by atoms with van der Waals surface area (Å²) < 4.78 is 1.36. The van der Waals surface area contributed by atoms with Gasteiger partial charge in [-0.25, -0.2) is 0 Å². The van der Waals surface area contributed by atoms with E-state index in [0.29, 0.717) is 29.4 Å². The molecule has 8 heteroatoms. The van der Waals surface area contributed by atoms with Gasteiger partial charge in [0.25, 0.3) is 5.91 Å². The average molecular weight is 367 g/mol. The molecule has 0 fully saturated rings. The van der Waals surface area contributed by atoms with Crippen LogP contribution in [-0.2, 0) is 13.1 Å². The largest absolute Gasteiger partial charge is 0.503 e. The lowest BCUT2D eigenvalue weighted by Crippen LogP contribution is -2.42. The van der Waals surface area contributed by atoms with Gasteiger partial charge in [0.2, 0.25) is 5.43 Å². The molecule has 6 nitrogen and oxygen atoms in total. The Bertz CT molecular complexity index is 908. The van der Waals surface area contributed by atoms with Crippen molar-refractivity contribution in [1.82, 2.24) is 9.47 Å². The molecule has 24 heavy (non-hydrogen) atoms. The van der Waals surface area contributed by atoms with E-state index >= 15 is 0 Å². The van der Waals surface area contributed by atoms with Crippen molar-refractivity contribution in [3.63, 3.8) is 0 Å². The summed E-state index contributed by atoms with van der Waals surface area (Å²) in [7, 11) is 0. The number of benzene rings is 1. The molecule has 0 radical (unpaired) electrons. The molecule has 0 spiro atoms. The molecule has 1 aliphatic rings. The highest BCUT2D eigenvalue weighted by Gasteiger charge is 2.30. The van der Waals surface area contributed by atoms with Crippen molar-refractivity contribution in [1.29, 1.82) is 0 Å². The summed E-state index contributed by atoms with van der Waals surface area (Å²) >= 11 is 11.8. The lowest BCUT2D eigenvalue weighted by molar-refractivity contribution is 0.0681. The first kappa shape index (κ1) is 16.5. The third kappa shape index (κ3) is 2.79. The number of hydrogen-bond donors (Lipinski definition) is 1. The fourth-order valence-electron chi connectivity index (χ4n) is 2.69. The number of rotatable bonds is 3. The number of aldehydes is 1. The Hall–Kier alpha value is -2.31. The zero-order valence-corrected chi connectivity index (χ0v) is 13.8. The van der Waals surface area contributed by atoms with Gasteiger partial charge < -0.3 is 14.6 Å². The number of aromatic nitrogens is 1. The Balaban J connectivity index is 1.97. The number of pyridine rings is 1. The lowest BCUT2D eigenvalue weighted by atomic mass is 10.1. The molecule has 3 rings (SSSR count). The fourth-order valence-corrected chi connectivity index (χ4v) is 3.01. The molecule has 1 aliphatic heterocycles. The maximum atomic E-state index is 12.6. The minimum atomic E-state index is -0.756. The number of hydrogen-bond acceptors (Lipinski definition) is 4. The molecule has 2 aromatic rings. The minimum absolute atomic E-state index is 0.0651. The van der Waals surface area contributed by atoms with Crippen molar-refractivity contribution < 1.29 is 14.7 Å². The molecule has 0 atom stereocenters. The molecular weight excluding hydrogens is 355 g/mol. The molecule has 0 saturated carbocycles. The monoisotopic (exact) mass is 366 g/mol. The van der Waals surface area contributed by atoms with E-state index in [0.717, 1.165) is 11.6 Å². The number of halogens is 2. The van der Waals surface area contributed by atoms with E-state index in [1.165, 1.54) is 9.47 Å². The first-order valence-electron chi connectivity index (χ1n) is 7.07. The minimum Gasteiger partial charge on any atom is -0.503 e. The molecule has 0 aliphatic carbocycles. The third-order valence-corrected chi connectivity index (χ3v) is 4.62. The van der Waals surface area contributed by atoms with Crippen LogP contribution in [0.5, 0.6) is 5.75 Å².